The molecule has 1 rings (SSSR count). The standard InChI is InChI=1S/C14H19NO5/c16-11(6-7-13(18)19)5-3-1-2-4-10-8-12(17)9-15-14(10)20/h6-7,10H,1-5,8-9H2,(H,15,20)(H,18,19)/b7-6+. The van der Waals surface area contributed by atoms with Gasteiger partial charge < -0.3 is 10.4 Å². The van der Waals surface area contributed by atoms with Crippen molar-refractivity contribution in [3.8, 4) is 0 Å². The van der Waals surface area contributed by atoms with Gasteiger partial charge in [0.05, 0.1) is 6.54 Å². The fourth-order valence-electron chi connectivity index (χ4n) is 2.12. The molecule has 1 fully saturated rings. The minimum atomic E-state index is -1.13. The topological polar surface area (TPSA) is 101 Å². The normalized spacial score (nSPS) is 19.1. The lowest BCUT2D eigenvalue weighted by Crippen LogP contribution is -2.41. The van der Waals surface area contributed by atoms with Crippen LogP contribution < -0.4 is 5.32 Å². The van der Waals surface area contributed by atoms with Crippen molar-refractivity contribution >= 4 is 23.4 Å². The summed E-state index contributed by atoms with van der Waals surface area (Å²) in [6.45, 7) is 0.139. The van der Waals surface area contributed by atoms with Crippen LogP contribution in [0.2, 0.25) is 0 Å². The fraction of sp³-hybridized carbons (Fsp3) is 0.571. The molecule has 110 valence electrons. The number of piperidine rings is 1. The van der Waals surface area contributed by atoms with Crippen molar-refractivity contribution in [2.24, 2.45) is 5.92 Å². The van der Waals surface area contributed by atoms with Crippen molar-refractivity contribution in [1.29, 1.82) is 0 Å². The number of ketones is 2. The molecule has 1 saturated heterocycles. The van der Waals surface area contributed by atoms with Crippen molar-refractivity contribution in [2.45, 2.75) is 38.5 Å². The van der Waals surface area contributed by atoms with Crippen LogP contribution in [0.3, 0.4) is 0 Å². The van der Waals surface area contributed by atoms with Crippen molar-refractivity contribution in [3.63, 3.8) is 0 Å². The molecule has 0 aromatic rings. The Morgan fingerprint density at radius 1 is 1.20 bits per heavy atom. The predicted octanol–water partition coefficient (Wildman–Crippen LogP) is 0.852. The van der Waals surface area contributed by atoms with Gasteiger partial charge in [-0.2, -0.15) is 0 Å². The lowest BCUT2D eigenvalue weighted by molar-refractivity contribution is -0.134. The molecular weight excluding hydrogens is 262 g/mol. The highest BCUT2D eigenvalue weighted by atomic mass is 16.4. The van der Waals surface area contributed by atoms with E-state index in [9.17, 15) is 19.2 Å². The van der Waals surface area contributed by atoms with Gasteiger partial charge in [0.15, 0.2) is 11.6 Å². The number of unbranched alkanes of at least 4 members (excludes halogenated alkanes) is 2. The number of rotatable bonds is 8. The summed E-state index contributed by atoms with van der Waals surface area (Å²) in [6, 6.07) is 0. The summed E-state index contributed by atoms with van der Waals surface area (Å²) in [5, 5.41) is 10.9. The summed E-state index contributed by atoms with van der Waals surface area (Å²) >= 11 is 0. The zero-order chi connectivity index (χ0) is 15.0. The highest BCUT2D eigenvalue weighted by Crippen LogP contribution is 2.17. The summed E-state index contributed by atoms with van der Waals surface area (Å²) in [7, 11) is 0. The Morgan fingerprint density at radius 3 is 2.65 bits per heavy atom. The van der Waals surface area contributed by atoms with Gasteiger partial charge in [0.2, 0.25) is 5.91 Å². The van der Waals surface area contributed by atoms with Crippen molar-refractivity contribution in [3.05, 3.63) is 12.2 Å². The van der Waals surface area contributed by atoms with Gasteiger partial charge in [-0.05, 0) is 18.9 Å². The molecule has 0 aliphatic carbocycles. The maximum atomic E-state index is 11.5. The first-order valence-corrected chi connectivity index (χ1v) is 6.72. The number of aliphatic carboxylic acids is 1. The number of nitrogens with one attached hydrogen (secondary N) is 1. The SMILES string of the molecule is O=C(O)/C=C/C(=O)CCCCCC1CC(=O)CNC1=O. The van der Waals surface area contributed by atoms with Crippen LogP contribution in [-0.2, 0) is 19.2 Å². The quantitative estimate of drug-likeness (QED) is 0.507. The van der Waals surface area contributed by atoms with Crippen LogP contribution in [0.1, 0.15) is 38.5 Å². The van der Waals surface area contributed by atoms with Crippen LogP contribution in [0.5, 0.6) is 0 Å². The van der Waals surface area contributed by atoms with E-state index in [0.717, 1.165) is 25.0 Å². The smallest absolute Gasteiger partial charge is 0.328 e. The first-order chi connectivity index (χ1) is 9.49. The number of allylic oxidation sites excluding steroid dienone is 1. The van der Waals surface area contributed by atoms with E-state index in [1.807, 2.05) is 0 Å². The highest BCUT2D eigenvalue weighted by Gasteiger charge is 2.25. The molecule has 1 heterocycles. The average molecular weight is 281 g/mol. The van der Waals surface area contributed by atoms with Crippen molar-refractivity contribution in [2.75, 3.05) is 6.54 Å². The van der Waals surface area contributed by atoms with Crippen LogP contribution in [0, 0.1) is 5.92 Å². The van der Waals surface area contributed by atoms with Crippen LogP contribution >= 0.6 is 0 Å². The minimum Gasteiger partial charge on any atom is -0.478 e. The maximum absolute atomic E-state index is 11.5. The molecule has 1 amide bonds. The fourth-order valence-corrected chi connectivity index (χ4v) is 2.12. The van der Waals surface area contributed by atoms with Gasteiger partial charge in [-0.15, -0.1) is 0 Å². The number of carbonyl (C=O) groups is 4. The Bertz CT molecular complexity index is 427. The molecule has 0 bridgehead atoms. The van der Waals surface area contributed by atoms with Gasteiger partial charge in [-0.1, -0.05) is 12.8 Å². The van der Waals surface area contributed by atoms with E-state index < -0.39 is 5.97 Å². The molecule has 2 N–H and O–H groups in total. The third-order valence-electron chi connectivity index (χ3n) is 3.19. The van der Waals surface area contributed by atoms with Crippen LogP contribution in [0.4, 0.5) is 0 Å². The molecule has 0 radical (unpaired) electrons. The third kappa shape index (κ3) is 6.26. The average Bonchev–Trinajstić information content (AvgIpc) is 2.39. The molecule has 0 aromatic carbocycles. The molecule has 0 spiro atoms. The molecule has 1 unspecified atom stereocenters. The molecule has 20 heavy (non-hydrogen) atoms. The van der Waals surface area contributed by atoms with Gasteiger partial charge in [-0.3, -0.25) is 14.4 Å². The summed E-state index contributed by atoms with van der Waals surface area (Å²) in [5.41, 5.74) is 0. The number of carboxylic acid groups (broad SMARTS) is 1. The zero-order valence-electron chi connectivity index (χ0n) is 11.3. The first kappa shape index (κ1) is 16.1. The Labute approximate surface area is 117 Å². The largest absolute Gasteiger partial charge is 0.478 e. The number of amides is 1. The second kappa shape index (κ2) is 8.24. The van der Waals surface area contributed by atoms with Crippen molar-refractivity contribution < 1.29 is 24.3 Å². The molecular formula is C14H19NO5. The molecule has 1 aliphatic heterocycles. The second-order valence-electron chi connectivity index (χ2n) is 4.89. The molecule has 6 heteroatoms. The number of Topliss-reactive ketones (excluding diaryl/α,β-unsaturated/α-hetero) is 1. The predicted molar refractivity (Wildman–Crippen MR) is 71.0 cm³/mol. The maximum Gasteiger partial charge on any atom is 0.328 e. The monoisotopic (exact) mass is 281 g/mol. The number of carbonyl (C=O) groups excluding carboxylic acids is 3. The Kier molecular flexibility index (Phi) is 6.63. The number of hydrogen-bond acceptors (Lipinski definition) is 4. The molecule has 1 aliphatic rings. The number of carboxylic acids is 1. The summed E-state index contributed by atoms with van der Waals surface area (Å²) in [4.78, 5) is 44.1. The summed E-state index contributed by atoms with van der Waals surface area (Å²) in [6.07, 6.45) is 5.38. The van der Waals surface area contributed by atoms with Gasteiger partial charge in [0, 0.05) is 24.8 Å². The van der Waals surface area contributed by atoms with Gasteiger partial charge in [-0.25, -0.2) is 4.79 Å². The Morgan fingerprint density at radius 2 is 1.95 bits per heavy atom. The second-order valence-corrected chi connectivity index (χ2v) is 4.89. The van der Waals surface area contributed by atoms with E-state index in [2.05, 4.69) is 5.32 Å². The Balaban J connectivity index is 2.12. The van der Waals surface area contributed by atoms with E-state index in [0.29, 0.717) is 25.7 Å². The highest BCUT2D eigenvalue weighted by molar-refractivity contribution is 5.95. The zero-order valence-corrected chi connectivity index (χ0v) is 11.3. The number of hydrogen-bond donors (Lipinski definition) is 2. The van der Waals surface area contributed by atoms with Crippen LogP contribution in [-0.4, -0.2) is 35.1 Å². The van der Waals surface area contributed by atoms with Crippen LogP contribution in [0.15, 0.2) is 12.2 Å². The van der Waals surface area contributed by atoms with E-state index >= 15 is 0 Å². The summed E-state index contributed by atoms with van der Waals surface area (Å²) < 4.78 is 0. The molecule has 0 saturated carbocycles. The van der Waals surface area contributed by atoms with E-state index in [4.69, 9.17) is 5.11 Å². The Hall–Kier alpha value is -1.98. The van der Waals surface area contributed by atoms with E-state index in [1.165, 1.54) is 0 Å². The van der Waals surface area contributed by atoms with Gasteiger partial charge in [0.25, 0.3) is 0 Å². The minimum absolute atomic E-state index is 0.0589. The molecule has 0 aromatic heterocycles. The third-order valence-corrected chi connectivity index (χ3v) is 3.19. The van der Waals surface area contributed by atoms with Gasteiger partial charge in [0.1, 0.15) is 0 Å². The lowest BCUT2D eigenvalue weighted by Gasteiger charge is -2.20. The van der Waals surface area contributed by atoms with E-state index in [1.54, 1.807) is 0 Å². The summed E-state index contributed by atoms with van der Waals surface area (Å²) in [5.74, 6) is -1.59. The van der Waals surface area contributed by atoms with Crippen LogP contribution in [0.25, 0.3) is 0 Å². The van der Waals surface area contributed by atoms with Gasteiger partial charge >= 0.3 is 5.97 Å². The first-order valence-electron chi connectivity index (χ1n) is 6.72. The van der Waals surface area contributed by atoms with Crippen molar-refractivity contribution in [1.82, 2.24) is 5.32 Å². The van der Waals surface area contributed by atoms with E-state index in [-0.39, 0.29) is 29.9 Å². The molecule has 1 atom stereocenters. The molecule has 6 nitrogen and oxygen atoms in total. The lowest BCUT2D eigenvalue weighted by atomic mass is 9.92.